The molecule has 0 bridgehead atoms. The molecule has 26 heavy (non-hydrogen) atoms. The van der Waals surface area contributed by atoms with Gasteiger partial charge in [0.25, 0.3) is 0 Å². The highest BCUT2D eigenvalue weighted by Gasteiger charge is 2.33. The molecule has 2 aromatic rings. The van der Waals surface area contributed by atoms with Crippen molar-refractivity contribution in [3.8, 4) is 11.8 Å². The number of rotatable bonds is 4. The molecule has 0 saturated heterocycles. The smallest absolute Gasteiger partial charge is 0.131 e. The Morgan fingerprint density at radius 2 is 2.04 bits per heavy atom. The van der Waals surface area contributed by atoms with Crippen LogP contribution < -0.4 is 5.11 Å². The third kappa shape index (κ3) is 3.91. The quantitative estimate of drug-likeness (QED) is 0.780. The summed E-state index contributed by atoms with van der Waals surface area (Å²) in [5.41, 5.74) is 3.54. The highest BCUT2D eigenvalue weighted by molar-refractivity contribution is 7.99. The van der Waals surface area contributed by atoms with Crippen molar-refractivity contribution in [3.63, 3.8) is 0 Å². The molecule has 2 heterocycles. The number of carbonyl (C=O) groups is 1. The van der Waals surface area contributed by atoms with E-state index in [0.29, 0.717) is 11.4 Å². The summed E-state index contributed by atoms with van der Waals surface area (Å²) in [5.74, 6) is 6.19. The van der Waals surface area contributed by atoms with Gasteiger partial charge in [-0.3, -0.25) is 4.98 Å². The van der Waals surface area contributed by atoms with Gasteiger partial charge in [-0.1, -0.05) is 19.8 Å². The summed E-state index contributed by atoms with van der Waals surface area (Å²) in [7, 11) is 0. The first-order valence-electron chi connectivity index (χ1n) is 8.86. The normalized spacial score (nSPS) is 14.8. The van der Waals surface area contributed by atoms with Crippen LogP contribution in [0.15, 0.2) is 35.5 Å². The van der Waals surface area contributed by atoms with Crippen molar-refractivity contribution in [2.75, 3.05) is 5.75 Å². The van der Waals surface area contributed by atoms with Gasteiger partial charge in [0, 0.05) is 22.8 Å². The standard InChI is InChI=1S/C21H22N2O2S/c1-3-21(4-2)9-10-26-19-8-6-15(11-18(19)21)5-7-16-13-23-17(14-22-16)12-20(24)25/h6,8,11,13-14H,3-4,9-10,12H2,1-2H3,(H,24,25)/p-1. The lowest BCUT2D eigenvalue weighted by molar-refractivity contribution is -0.304. The topological polar surface area (TPSA) is 65.9 Å². The molecule has 1 aromatic carbocycles. The minimum Gasteiger partial charge on any atom is -0.550 e. The fourth-order valence-electron chi connectivity index (χ4n) is 3.42. The Balaban J connectivity index is 1.86. The van der Waals surface area contributed by atoms with Crippen LogP contribution in [0.5, 0.6) is 0 Å². The predicted molar refractivity (Wildman–Crippen MR) is 101 cm³/mol. The summed E-state index contributed by atoms with van der Waals surface area (Å²) in [4.78, 5) is 20.2. The van der Waals surface area contributed by atoms with Gasteiger partial charge in [0.15, 0.2) is 0 Å². The van der Waals surface area contributed by atoms with E-state index >= 15 is 0 Å². The zero-order valence-corrected chi connectivity index (χ0v) is 15.9. The number of thioether (sulfide) groups is 1. The molecule has 134 valence electrons. The fourth-order valence-corrected chi connectivity index (χ4v) is 4.73. The highest BCUT2D eigenvalue weighted by Crippen LogP contribution is 2.46. The van der Waals surface area contributed by atoms with Gasteiger partial charge in [0.05, 0.1) is 18.1 Å². The average Bonchev–Trinajstić information content (AvgIpc) is 2.66. The monoisotopic (exact) mass is 365 g/mol. The molecule has 4 nitrogen and oxygen atoms in total. The number of aromatic nitrogens is 2. The largest absolute Gasteiger partial charge is 0.550 e. The number of aliphatic carboxylic acids is 1. The van der Waals surface area contributed by atoms with E-state index in [1.165, 1.54) is 35.0 Å². The van der Waals surface area contributed by atoms with Crippen LogP contribution in [0.1, 0.15) is 55.6 Å². The Hall–Kier alpha value is -2.32. The third-order valence-electron chi connectivity index (χ3n) is 5.11. The van der Waals surface area contributed by atoms with E-state index in [1.807, 2.05) is 11.8 Å². The van der Waals surface area contributed by atoms with Crippen molar-refractivity contribution >= 4 is 17.7 Å². The van der Waals surface area contributed by atoms with Gasteiger partial charge in [-0.2, -0.15) is 0 Å². The lowest BCUT2D eigenvalue weighted by Gasteiger charge is -2.37. The highest BCUT2D eigenvalue weighted by atomic mass is 32.2. The molecule has 0 saturated carbocycles. The molecule has 0 radical (unpaired) electrons. The summed E-state index contributed by atoms with van der Waals surface area (Å²) in [5, 5.41) is 10.6. The molecule has 1 aliphatic heterocycles. The van der Waals surface area contributed by atoms with Gasteiger partial charge >= 0.3 is 0 Å². The number of hydrogen-bond donors (Lipinski definition) is 0. The second-order valence-corrected chi connectivity index (χ2v) is 7.63. The van der Waals surface area contributed by atoms with E-state index in [1.54, 1.807) is 0 Å². The molecule has 0 amide bonds. The van der Waals surface area contributed by atoms with Gasteiger partial charge in [-0.25, -0.2) is 4.98 Å². The lowest BCUT2D eigenvalue weighted by atomic mass is 9.73. The minimum absolute atomic E-state index is 0.237. The number of hydrogen-bond acceptors (Lipinski definition) is 5. The second kappa shape index (κ2) is 7.92. The Kier molecular flexibility index (Phi) is 5.63. The van der Waals surface area contributed by atoms with Crippen LogP contribution in [0.2, 0.25) is 0 Å². The van der Waals surface area contributed by atoms with Crippen molar-refractivity contribution in [1.29, 1.82) is 0 Å². The van der Waals surface area contributed by atoms with Crippen molar-refractivity contribution in [1.82, 2.24) is 9.97 Å². The van der Waals surface area contributed by atoms with Crippen LogP contribution in [0.3, 0.4) is 0 Å². The summed E-state index contributed by atoms with van der Waals surface area (Å²) in [6.07, 6.45) is 6.18. The Bertz CT molecular complexity index is 862. The number of fused-ring (bicyclic) bond motifs is 1. The van der Waals surface area contributed by atoms with Gasteiger partial charge in [0.1, 0.15) is 5.69 Å². The maximum absolute atomic E-state index is 10.6. The van der Waals surface area contributed by atoms with Gasteiger partial charge in [0.2, 0.25) is 0 Å². The van der Waals surface area contributed by atoms with Crippen LogP contribution in [0.4, 0.5) is 0 Å². The van der Waals surface area contributed by atoms with E-state index in [0.717, 1.165) is 18.4 Å². The Morgan fingerprint density at radius 1 is 1.23 bits per heavy atom. The van der Waals surface area contributed by atoms with Crippen LogP contribution in [-0.2, 0) is 16.6 Å². The number of benzene rings is 1. The number of carboxylic acid groups (broad SMARTS) is 1. The van der Waals surface area contributed by atoms with Gasteiger partial charge in [-0.15, -0.1) is 11.8 Å². The van der Waals surface area contributed by atoms with Crippen molar-refractivity contribution < 1.29 is 9.90 Å². The second-order valence-electron chi connectivity index (χ2n) is 6.49. The lowest BCUT2D eigenvalue weighted by Crippen LogP contribution is -2.28. The molecule has 3 rings (SSSR count). The molecule has 5 heteroatoms. The van der Waals surface area contributed by atoms with Gasteiger partial charge in [-0.05, 0) is 60.1 Å². The van der Waals surface area contributed by atoms with E-state index in [4.69, 9.17) is 0 Å². The van der Waals surface area contributed by atoms with Crippen molar-refractivity contribution in [2.24, 2.45) is 0 Å². The molecule has 0 unspecified atom stereocenters. The predicted octanol–water partition coefficient (Wildman–Crippen LogP) is 2.72. The van der Waals surface area contributed by atoms with E-state index in [2.05, 4.69) is 53.9 Å². The van der Waals surface area contributed by atoms with E-state index < -0.39 is 5.97 Å². The summed E-state index contributed by atoms with van der Waals surface area (Å²) in [6.45, 7) is 4.54. The first-order valence-corrected chi connectivity index (χ1v) is 9.85. The van der Waals surface area contributed by atoms with Crippen molar-refractivity contribution in [2.45, 2.75) is 49.8 Å². The first kappa shape index (κ1) is 18.5. The molecule has 0 spiro atoms. The number of nitrogens with zero attached hydrogens (tertiary/aromatic N) is 2. The zero-order chi connectivity index (χ0) is 18.6. The zero-order valence-electron chi connectivity index (χ0n) is 15.0. The van der Waals surface area contributed by atoms with Crippen molar-refractivity contribution in [3.05, 3.63) is 53.1 Å². The SMILES string of the molecule is CCC1(CC)CCSc2ccc(C#Cc3cnc(CC(=O)[O-])cn3)cc21. The van der Waals surface area contributed by atoms with E-state index in [9.17, 15) is 9.90 Å². The average molecular weight is 365 g/mol. The number of carbonyl (C=O) groups excluding carboxylic acids is 1. The summed E-state index contributed by atoms with van der Waals surface area (Å²) < 4.78 is 0. The molecule has 0 aliphatic carbocycles. The van der Waals surface area contributed by atoms with Gasteiger partial charge < -0.3 is 9.90 Å². The molecule has 0 N–H and O–H groups in total. The maximum atomic E-state index is 10.6. The number of carboxylic acids is 1. The van der Waals surface area contributed by atoms with Crippen LogP contribution in [0, 0.1) is 11.8 Å². The third-order valence-corrected chi connectivity index (χ3v) is 6.18. The first-order chi connectivity index (χ1) is 12.6. The Morgan fingerprint density at radius 3 is 2.69 bits per heavy atom. The van der Waals surface area contributed by atoms with Crippen LogP contribution >= 0.6 is 11.8 Å². The minimum atomic E-state index is -1.17. The molecular formula is C21H21N2O2S-. The molecule has 0 atom stereocenters. The van der Waals surface area contributed by atoms with Crippen LogP contribution in [0.25, 0.3) is 0 Å². The molecule has 1 aliphatic rings. The fraction of sp³-hybridized carbons (Fsp3) is 0.381. The summed E-state index contributed by atoms with van der Waals surface area (Å²) in [6, 6.07) is 6.45. The summed E-state index contributed by atoms with van der Waals surface area (Å²) >= 11 is 1.93. The van der Waals surface area contributed by atoms with E-state index in [-0.39, 0.29) is 11.8 Å². The van der Waals surface area contributed by atoms with Crippen LogP contribution in [-0.4, -0.2) is 21.7 Å². The molecule has 1 aromatic heterocycles. The maximum Gasteiger partial charge on any atom is 0.131 e. The molecule has 0 fully saturated rings. The Labute approximate surface area is 158 Å². The molecular weight excluding hydrogens is 344 g/mol.